The SMILES string of the molecule is [B]NC(=O)c1ccc(C)c(N=C2N=CNN3CC(C(=O)NCC)C(C)=C23)c1. The van der Waals surface area contributed by atoms with Crippen molar-refractivity contribution in [2.24, 2.45) is 15.9 Å². The minimum atomic E-state index is -0.389. The number of amides is 2. The van der Waals surface area contributed by atoms with E-state index in [1.165, 1.54) is 0 Å². The van der Waals surface area contributed by atoms with Gasteiger partial charge in [-0.2, -0.15) is 0 Å². The lowest BCUT2D eigenvalue weighted by molar-refractivity contribution is -0.123. The Bertz CT molecular complexity index is 877. The van der Waals surface area contributed by atoms with Crippen LogP contribution in [0.2, 0.25) is 0 Å². The van der Waals surface area contributed by atoms with Gasteiger partial charge in [0.1, 0.15) is 12.0 Å². The third kappa shape index (κ3) is 3.58. The summed E-state index contributed by atoms with van der Waals surface area (Å²) in [7, 11) is 5.21. The zero-order valence-corrected chi connectivity index (χ0v) is 15.5. The molecule has 2 amide bonds. The van der Waals surface area contributed by atoms with Gasteiger partial charge < -0.3 is 10.5 Å². The fourth-order valence-corrected chi connectivity index (χ4v) is 3.15. The first-order valence-electron chi connectivity index (χ1n) is 8.71. The highest BCUT2D eigenvalue weighted by atomic mass is 16.2. The van der Waals surface area contributed by atoms with Crippen molar-refractivity contribution in [1.29, 1.82) is 0 Å². The minimum absolute atomic E-state index is 0.0177. The largest absolute Gasteiger partial charge is 0.405 e. The fourth-order valence-electron chi connectivity index (χ4n) is 3.15. The molecule has 1 atom stereocenters. The van der Waals surface area contributed by atoms with E-state index in [1.54, 1.807) is 24.5 Å². The number of hydrazine groups is 1. The summed E-state index contributed by atoms with van der Waals surface area (Å²) in [5.74, 6) is -0.184. The Morgan fingerprint density at radius 3 is 2.89 bits per heavy atom. The van der Waals surface area contributed by atoms with Gasteiger partial charge in [-0.3, -0.25) is 20.0 Å². The van der Waals surface area contributed by atoms with Gasteiger partial charge >= 0.3 is 0 Å². The van der Waals surface area contributed by atoms with E-state index in [4.69, 9.17) is 7.98 Å². The molecule has 0 aromatic heterocycles. The number of carbonyl (C=O) groups is 2. The van der Waals surface area contributed by atoms with Crippen LogP contribution in [0, 0.1) is 12.8 Å². The van der Waals surface area contributed by atoms with Crippen LogP contribution in [0.3, 0.4) is 0 Å². The summed E-state index contributed by atoms with van der Waals surface area (Å²) in [5, 5.41) is 6.85. The Labute approximate surface area is 159 Å². The molecule has 138 valence electrons. The third-order valence-electron chi connectivity index (χ3n) is 4.64. The summed E-state index contributed by atoms with van der Waals surface area (Å²) in [6.07, 6.45) is 1.54. The van der Waals surface area contributed by atoms with Crippen LogP contribution in [0.15, 0.2) is 39.5 Å². The maximum atomic E-state index is 12.3. The normalized spacial score (nSPS) is 19.7. The number of fused-ring (bicyclic) bond motifs is 1. The van der Waals surface area contributed by atoms with E-state index in [2.05, 4.69) is 26.0 Å². The summed E-state index contributed by atoms with van der Waals surface area (Å²) in [6.45, 7) is 6.80. The van der Waals surface area contributed by atoms with Crippen LogP contribution in [0.4, 0.5) is 5.69 Å². The van der Waals surface area contributed by atoms with Gasteiger partial charge in [-0.05, 0) is 44.0 Å². The standard InChI is InChI=1S/C18H21BN6O2/c1-4-20-18(27)13-8-25-15(11(13)3)16(21-9-22-25)23-14-7-12(17(26)24-19)6-5-10(14)2/h5-7,9,13H,4,8H2,1-3H3,(H,20,27)(H,24,26)(H,21,22,23). The van der Waals surface area contributed by atoms with E-state index < -0.39 is 0 Å². The van der Waals surface area contributed by atoms with Crippen LogP contribution < -0.4 is 16.0 Å². The number of nitrogens with one attached hydrogen (secondary N) is 3. The van der Waals surface area contributed by atoms with Crippen molar-refractivity contribution >= 4 is 37.7 Å². The molecule has 2 aliphatic heterocycles. The van der Waals surface area contributed by atoms with Gasteiger partial charge in [0.05, 0.1) is 18.2 Å². The van der Waals surface area contributed by atoms with Crippen LogP contribution in [-0.4, -0.2) is 50.1 Å². The lowest BCUT2D eigenvalue weighted by Gasteiger charge is -2.25. The molecule has 0 saturated heterocycles. The molecule has 0 spiro atoms. The second kappa shape index (κ2) is 7.65. The maximum absolute atomic E-state index is 12.3. The molecule has 0 aliphatic carbocycles. The summed E-state index contributed by atoms with van der Waals surface area (Å²) < 4.78 is 0. The van der Waals surface area contributed by atoms with Crippen LogP contribution in [0.25, 0.3) is 0 Å². The topological polar surface area (TPSA) is 98.2 Å². The van der Waals surface area contributed by atoms with Gasteiger partial charge in [-0.25, -0.2) is 9.98 Å². The van der Waals surface area contributed by atoms with Crippen molar-refractivity contribution in [2.75, 3.05) is 13.1 Å². The van der Waals surface area contributed by atoms with Gasteiger partial charge in [0.2, 0.25) is 19.8 Å². The van der Waals surface area contributed by atoms with Crippen molar-refractivity contribution in [1.82, 2.24) is 21.0 Å². The molecule has 8 nitrogen and oxygen atoms in total. The quantitative estimate of drug-likeness (QED) is 0.686. The number of hydrogen-bond donors (Lipinski definition) is 3. The van der Waals surface area contributed by atoms with Crippen LogP contribution >= 0.6 is 0 Å². The summed E-state index contributed by atoms with van der Waals surface area (Å²) in [6, 6.07) is 5.16. The predicted molar refractivity (Wildman–Crippen MR) is 105 cm³/mol. The van der Waals surface area contributed by atoms with Gasteiger partial charge in [0.25, 0.3) is 0 Å². The van der Waals surface area contributed by atoms with E-state index >= 15 is 0 Å². The monoisotopic (exact) mass is 364 g/mol. The summed E-state index contributed by atoms with van der Waals surface area (Å²) >= 11 is 0. The van der Waals surface area contributed by atoms with E-state index in [9.17, 15) is 9.59 Å². The van der Waals surface area contributed by atoms with Gasteiger partial charge in [0, 0.05) is 12.1 Å². The van der Waals surface area contributed by atoms with Crippen molar-refractivity contribution < 1.29 is 9.59 Å². The number of aryl methyl sites for hydroxylation is 1. The molecule has 3 N–H and O–H groups in total. The number of benzene rings is 1. The average molecular weight is 364 g/mol. The molecule has 2 radical (unpaired) electrons. The van der Waals surface area contributed by atoms with Gasteiger partial charge in [0.15, 0.2) is 5.84 Å². The number of amidine groups is 1. The lowest BCUT2D eigenvalue weighted by atomic mass is 10.0. The number of aliphatic imine (C=N–C) groups is 2. The zero-order valence-electron chi connectivity index (χ0n) is 15.5. The Balaban J connectivity index is 2.01. The summed E-state index contributed by atoms with van der Waals surface area (Å²) in [4.78, 5) is 33.1. The molecule has 1 aromatic rings. The molecule has 27 heavy (non-hydrogen) atoms. The first-order valence-corrected chi connectivity index (χ1v) is 8.71. The highest BCUT2D eigenvalue weighted by Gasteiger charge is 2.37. The zero-order chi connectivity index (χ0) is 19.6. The first-order chi connectivity index (χ1) is 13.0. The summed E-state index contributed by atoms with van der Waals surface area (Å²) in [5.41, 5.74) is 6.66. The molecule has 9 heteroatoms. The molecular weight excluding hydrogens is 343 g/mol. The Kier molecular flexibility index (Phi) is 5.29. The van der Waals surface area contributed by atoms with Crippen molar-refractivity contribution in [3.63, 3.8) is 0 Å². The number of rotatable bonds is 4. The number of hydrogen-bond acceptors (Lipinski definition) is 5. The van der Waals surface area contributed by atoms with Crippen LogP contribution in [0.5, 0.6) is 0 Å². The number of carbonyl (C=O) groups excluding carboxylic acids is 2. The molecule has 0 saturated carbocycles. The van der Waals surface area contributed by atoms with E-state index in [0.29, 0.717) is 30.2 Å². The highest BCUT2D eigenvalue weighted by molar-refractivity contribution is 6.18. The average Bonchev–Trinajstić information content (AvgIpc) is 3.01. The predicted octanol–water partition coefficient (Wildman–Crippen LogP) is 0.727. The molecule has 0 bridgehead atoms. The van der Waals surface area contributed by atoms with Crippen molar-refractivity contribution in [2.45, 2.75) is 20.8 Å². The smallest absolute Gasteiger partial charge is 0.238 e. The molecule has 1 unspecified atom stereocenters. The Hall–Kier alpha value is -3.10. The Morgan fingerprint density at radius 1 is 1.41 bits per heavy atom. The van der Waals surface area contributed by atoms with Crippen molar-refractivity contribution in [3.05, 3.63) is 40.6 Å². The lowest BCUT2D eigenvalue weighted by Crippen LogP contribution is -2.42. The van der Waals surface area contributed by atoms with Gasteiger partial charge in [-0.15, -0.1) is 0 Å². The third-order valence-corrected chi connectivity index (χ3v) is 4.64. The molecular formula is C18H21BN6O2. The van der Waals surface area contributed by atoms with E-state index in [0.717, 1.165) is 16.8 Å². The molecule has 1 aromatic carbocycles. The van der Waals surface area contributed by atoms with E-state index in [1.807, 2.05) is 25.8 Å². The second-order valence-electron chi connectivity index (χ2n) is 6.39. The minimum Gasteiger partial charge on any atom is -0.405 e. The molecule has 0 fully saturated rings. The second-order valence-corrected chi connectivity index (χ2v) is 6.39. The first kappa shape index (κ1) is 18.7. The Morgan fingerprint density at radius 2 is 2.19 bits per heavy atom. The highest BCUT2D eigenvalue weighted by Crippen LogP contribution is 2.31. The molecule has 3 rings (SSSR count). The fraction of sp³-hybridized carbons (Fsp3) is 0.333. The molecule has 2 aliphatic rings. The molecule has 2 heterocycles. The number of nitrogens with zero attached hydrogens (tertiary/aromatic N) is 3. The van der Waals surface area contributed by atoms with Crippen molar-refractivity contribution in [3.8, 4) is 0 Å². The van der Waals surface area contributed by atoms with Crippen LogP contribution in [0.1, 0.15) is 29.8 Å². The maximum Gasteiger partial charge on any atom is 0.238 e. The van der Waals surface area contributed by atoms with E-state index in [-0.39, 0.29) is 17.7 Å². The van der Waals surface area contributed by atoms with Gasteiger partial charge in [-0.1, -0.05) is 6.07 Å². The van der Waals surface area contributed by atoms with Crippen LogP contribution in [-0.2, 0) is 4.79 Å².